The van der Waals surface area contributed by atoms with Gasteiger partial charge in [0.05, 0.1) is 30.0 Å². The van der Waals surface area contributed by atoms with E-state index in [4.69, 9.17) is 0 Å². The molecule has 0 saturated carbocycles. The molecule has 0 spiro atoms. The number of fused-ring (bicyclic) bond motifs is 4. The predicted molar refractivity (Wildman–Crippen MR) is 92.4 cm³/mol. The first-order valence-electron chi connectivity index (χ1n) is 7.50. The molecule has 0 atom stereocenters. The van der Waals surface area contributed by atoms with Gasteiger partial charge in [0.15, 0.2) is 0 Å². The van der Waals surface area contributed by atoms with Crippen LogP contribution in [0.3, 0.4) is 0 Å². The summed E-state index contributed by atoms with van der Waals surface area (Å²) >= 11 is 2.89. The van der Waals surface area contributed by atoms with E-state index in [0.717, 1.165) is 46.1 Å². The minimum absolute atomic E-state index is 0.0749. The van der Waals surface area contributed by atoms with E-state index >= 15 is 0 Å². The van der Waals surface area contributed by atoms with Gasteiger partial charge in [0.2, 0.25) is 0 Å². The molecule has 114 valence electrons. The van der Waals surface area contributed by atoms with Crippen LogP contribution in [0.15, 0.2) is 29.3 Å². The quantitative estimate of drug-likeness (QED) is 0.563. The molecule has 0 bridgehead atoms. The first-order valence-corrected chi connectivity index (χ1v) is 9.05. The van der Waals surface area contributed by atoms with Crippen molar-refractivity contribution in [2.75, 3.05) is 0 Å². The first kappa shape index (κ1) is 13.3. The summed E-state index contributed by atoms with van der Waals surface area (Å²) in [6.45, 7) is 0.514. The number of rotatable bonds is 2. The highest BCUT2D eigenvalue weighted by Crippen LogP contribution is 2.34. The monoisotopic (exact) mass is 340 g/mol. The molecule has 0 fully saturated rings. The lowest BCUT2D eigenvalue weighted by atomic mass is 10.2. The maximum absolute atomic E-state index is 12.9. The Bertz CT molecular complexity index is 1110. The van der Waals surface area contributed by atoms with Gasteiger partial charge in [-0.1, -0.05) is 6.07 Å². The predicted octanol–water partition coefficient (Wildman–Crippen LogP) is 3.00. The Morgan fingerprint density at radius 2 is 2.09 bits per heavy atom. The second kappa shape index (κ2) is 4.94. The van der Waals surface area contributed by atoms with Gasteiger partial charge in [-0.2, -0.15) is 8.75 Å². The average molecular weight is 340 g/mol. The summed E-state index contributed by atoms with van der Waals surface area (Å²) in [7, 11) is 0. The van der Waals surface area contributed by atoms with E-state index in [2.05, 4.69) is 13.7 Å². The van der Waals surface area contributed by atoms with Gasteiger partial charge in [-0.05, 0) is 42.5 Å². The lowest BCUT2D eigenvalue weighted by Gasteiger charge is -2.06. The summed E-state index contributed by atoms with van der Waals surface area (Å²) in [5.74, 6) is 0. The minimum atomic E-state index is 0.0749. The fourth-order valence-corrected chi connectivity index (χ4v) is 4.99. The van der Waals surface area contributed by atoms with Crippen LogP contribution < -0.4 is 5.56 Å². The molecule has 23 heavy (non-hydrogen) atoms. The van der Waals surface area contributed by atoms with Crippen molar-refractivity contribution in [2.24, 2.45) is 0 Å². The third-order valence-electron chi connectivity index (χ3n) is 4.36. The van der Waals surface area contributed by atoms with Crippen molar-refractivity contribution in [3.05, 3.63) is 50.9 Å². The highest BCUT2D eigenvalue weighted by molar-refractivity contribution is 7.18. The molecular formula is C16H12N4OS2. The zero-order valence-corrected chi connectivity index (χ0v) is 13.8. The topological polar surface area (TPSA) is 60.7 Å². The van der Waals surface area contributed by atoms with E-state index in [1.807, 2.05) is 18.2 Å². The van der Waals surface area contributed by atoms with Crippen LogP contribution in [0.25, 0.3) is 21.3 Å². The number of aromatic nitrogens is 4. The highest BCUT2D eigenvalue weighted by Gasteiger charge is 2.21. The molecule has 0 radical (unpaired) electrons. The Morgan fingerprint density at radius 1 is 1.17 bits per heavy atom. The van der Waals surface area contributed by atoms with Crippen LogP contribution in [0.2, 0.25) is 0 Å². The molecule has 0 aliphatic heterocycles. The molecule has 0 amide bonds. The number of nitrogens with zero attached hydrogens (tertiary/aromatic N) is 4. The zero-order chi connectivity index (χ0) is 15.4. The van der Waals surface area contributed by atoms with Crippen molar-refractivity contribution < 1.29 is 0 Å². The van der Waals surface area contributed by atoms with Crippen LogP contribution in [0.4, 0.5) is 0 Å². The lowest BCUT2D eigenvalue weighted by molar-refractivity contribution is 0.749. The molecule has 1 aliphatic rings. The van der Waals surface area contributed by atoms with E-state index in [9.17, 15) is 4.79 Å². The zero-order valence-electron chi connectivity index (χ0n) is 12.2. The van der Waals surface area contributed by atoms with Gasteiger partial charge >= 0.3 is 0 Å². The second-order valence-electron chi connectivity index (χ2n) is 5.80. The number of hydrogen-bond donors (Lipinski definition) is 0. The van der Waals surface area contributed by atoms with Gasteiger partial charge in [-0.25, -0.2) is 4.98 Å². The SMILES string of the molecule is O=c1c2c3c(sc2ncn1Cc1ccc2nsnc2c1)CCC3. The van der Waals surface area contributed by atoms with Crippen LogP contribution in [0.5, 0.6) is 0 Å². The molecule has 0 saturated heterocycles. The maximum Gasteiger partial charge on any atom is 0.262 e. The smallest absolute Gasteiger partial charge is 0.262 e. The standard InChI is InChI=1S/C16H12N4OS2/c21-16-14-10-2-1-3-13(10)22-15(14)17-8-20(16)7-9-4-5-11-12(6-9)19-23-18-11/h4-6,8H,1-3,7H2. The number of benzene rings is 1. The summed E-state index contributed by atoms with van der Waals surface area (Å²) in [5.41, 5.74) is 4.13. The van der Waals surface area contributed by atoms with E-state index in [-0.39, 0.29) is 5.56 Å². The first-order chi connectivity index (χ1) is 11.3. The Labute approximate surface area is 139 Å². The van der Waals surface area contributed by atoms with E-state index < -0.39 is 0 Å². The summed E-state index contributed by atoms with van der Waals surface area (Å²) in [6, 6.07) is 5.94. The van der Waals surface area contributed by atoms with Gasteiger partial charge in [0, 0.05) is 4.88 Å². The fourth-order valence-electron chi connectivity index (χ4n) is 3.25. The Hall–Kier alpha value is -2.12. The summed E-state index contributed by atoms with van der Waals surface area (Å²) in [4.78, 5) is 19.6. The molecule has 3 heterocycles. The lowest BCUT2D eigenvalue weighted by Crippen LogP contribution is -2.21. The molecule has 0 unspecified atom stereocenters. The van der Waals surface area contributed by atoms with Crippen molar-refractivity contribution in [3.8, 4) is 0 Å². The van der Waals surface area contributed by atoms with E-state index in [1.165, 1.54) is 22.2 Å². The molecular weight excluding hydrogens is 328 g/mol. The van der Waals surface area contributed by atoms with Gasteiger partial charge in [0.25, 0.3) is 5.56 Å². The van der Waals surface area contributed by atoms with Crippen molar-refractivity contribution in [3.63, 3.8) is 0 Å². The summed E-state index contributed by atoms with van der Waals surface area (Å²) in [5, 5.41) is 0.835. The largest absolute Gasteiger partial charge is 0.294 e. The maximum atomic E-state index is 12.9. The Kier molecular flexibility index (Phi) is 2.86. The number of hydrogen-bond acceptors (Lipinski definition) is 6. The molecule has 4 aromatic rings. The third-order valence-corrected chi connectivity index (χ3v) is 6.12. The molecule has 5 nitrogen and oxygen atoms in total. The van der Waals surface area contributed by atoms with Crippen LogP contribution in [-0.4, -0.2) is 18.3 Å². The van der Waals surface area contributed by atoms with Gasteiger partial charge in [-0.15, -0.1) is 11.3 Å². The molecule has 7 heteroatoms. The van der Waals surface area contributed by atoms with Crippen LogP contribution in [-0.2, 0) is 19.4 Å². The second-order valence-corrected chi connectivity index (χ2v) is 7.41. The number of thiophene rings is 1. The normalized spacial score (nSPS) is 13.9. The summed E-state index contributed by atoms with van der Waals surface area (Å²) in [6.07, 6.45) is 4.91. The molecule has 5 rings (SSSR count). The summed E-state index contributed by atoms with van der Waals surface area (Å²) < 4.78 is 10.2. The van der Waals surface area contributed by atoms with Crippen molar-refractivity contribution in [2.45, 2.75) is 25.8 Å². The Balaban J connectivity index is 1.62. The molecule has 0 N–H and O–H groups in total. The van der Waals surface area contributed by atoms with Gasteiger partial charge < -0.3 is 0 Å². The van der Waals surface area contributed by atoms with Gasteiger partial charge in [0.1, 0.15) is 15.9 Å². The fraction of sp³-hybridized carbons (Fsp3) is 0.250. The van der Waals surface area contributed by atoms with E-state index in [0.29, 0.717) is 6.54 Å². The van der Waals surface area contributed by atoms with Gasteiger partial charge in [-0.3, -0.25) is 9.36 Å². The number of aryl methyl sites for hydroxylation is 2. The molecule has 1 aliphatic carbocycles. The van der Waals surface area contributed by atoms with Crippen LogP contribution in [0, 0.1) is 0 Å². The van der Waals surface area contributed by atoms with Crippen LogP contribution >= 0.6 is 23.1 Å². The van der Waals surface area contributed by atoms with Crippen LogP contribution in [0.1, 0.15) is 22.4 Å². The van der Waals surface area contributed by atoms with Crippen molar-refractivity contribution >= 4 is 44.3 Å². The molecule has 3 aromatic heterocycles. The minimum Gasteiger partial charge on any atom is -0.294 e. The van der Waals surface area contributed by atoms with Crippen molar-refractivity contribution in [1.29, 1.82) is 0 Å². The Morgan fingerprint density at radius 3 is 3.04 bits per heavy atom. The van der Waals surface area contributed by atoms with E-state index in [1.54, 1.807) is 22.2 Å². The molecule has 1 aromatic carbocycles. The van der Waals surface area contributed by atoms with Crippen molar-refractivity contribution in [1.82, 2.24) is 18.3 Å². The third kappa shape index (κ3) is 2.04. The highest BCUT2D eigenvalue weighted by atomic mass is 32.1. The average Bonchev–Trinajstić information content (AvgIpc) is 3.24.